The highest BCUT2D eigenvalue weighted by atomic mass is 32.2. The van der Waals surface area contributed by atoms with Crippen LogP contribution in [0.15, 0.2) is 52.9 Å². The Balaban J connectivity index is 1.34. The van der Waals surface area contributed by atoms with Gasteiger partial charge in [0.15, 0.2) is 0 Å². The van der Waals surface area contributed by atoms with Crippen molar-refractivity contribution in [2.75, 3.05) is 30.3 Å². The summed E-state index contributed by atoms with van der Waals surface area (Å²) < 4.78 is 18.6. The lowest BCUT2D eigenvalue weighted by molar-refractivity contribution is -0.129. The Morgan fingerprint density at radius 1 is 1.09 bits per heavy atom. The van der Waals surface area contributed by atoms with Crippen LogP contribution in [0, 0.1) is 20.8 Å². The van der Waals surface area contributed by atoms with E-state index in [4.69, 9.17) is 4.42 Å². The maximum absolute atomic E-state index is 12.9. The van der Waals surface area contributed by atoms with E-state index < -0.39 is 10.8 Å². The molecule has 1 fully saturated rings. The molecule has 2 aromatic carbocycles. The van der Waals surface area contributed by atoms with Crippen LogP contribution in [-0.4, -0.2) is 51.4 Å². The highest BCUT2D eigenvalue weighted by Gasteiger charge is 2.28. The number of aryl methyl sites for hydroxylation is 3. The molecule has 1 saturated heterocycles. The molecule has 1 amide bonds. The Morgan fingerprint density at radius 2 is 1.85 bits per heavy atom. The number of piperazine rings is 1. The number of anilines is 1. The number of carbonyl (C=O) groups is 1. The number of hydrogen-bond donors (Lipinski definition) is 0. The molecule has 0 spiro atoms. The number of nitrogens with zero attached hydrogens (tertiary/aromatic N) is 3. The Labute approximate surface area is 198 Å². The first kappa shape index (κ1) is 23.2. The molecule has 33 heavy (non-hydrogen) atoms. The second kappa shape index (κ2) is 9.91. The summed E-state index contributed by atoms with van der Waals surface area (Å²) in [5.74, 6) is 1.32. The van der Waals surface area contributed by atoms with Gasteiger partial charge in [0.05, 0.1) is 11.4 Å². The van der Waals surface area contributed by atoms with E-state index in [0.29, 0.717) is 30.4 Å². The van der Waals surface area contributed by atoms with Gasteiger partial charge in [-0.1, -0.05) is 29.8 Å². The zero-order valence-electron chi connectivity index (χ0n) is 19.7. The van der Waals surface area contributed by atoms with Crippen LogP contribution in [0.2, 0.25) is 0 Å². The molecule has 0 N–H and O–H groups in total. The molecule has 1 aliphatic rings. The SMILES string of the molecule is Cc1ccc(-c2nc(C[S@@](=O)CC(=O)N3CCN(c4cccc(C)c4)[C@@H](C)C3)c(C)o2)cc1. The van der Waals surface area contributed by atoms with Crippen LogP contribution in [0.4, 0.5) is 5.69 Å². The minimum atomic E-state index is -1.35. The Hall–Kier alpha value is -2.93. The van der Waals surface area contributed by atoms with Crippen LogP contribution < -0.4 is 4.90 Å². The molecule has 0 radical (unpaired) electrons. The Bertz CT molecular complexity index is 1160. The quantitative estimate of drug-likeness (QED) is 0.544. The monoisotopic (exact) mass is 465 g/mol. The first-order chi connectivity index (χ1) is 15.8. The van der Waals surface area contributed by atoms with Gasteiger partial charge in [-0.3, -0.25) is 9.00 Å². The van der Waals surface area contributed by atoms with E-state index in [1.807, 2.05) is 43.0 Å². The lowest BCUT2D eigenvalue weighted by Crippen LogP contribution is -2.54. The van der Waals surface area contributed by atoms with Crippen molar-refractivity contribution >= 4 is 22.4 Å². The number of benzene rings is 2. The largest absolute Gasteiger partial charge is 0.441 e. The second-order valence-corrected chi connectivity index (χ2v) is 10.3. The highest BCUT2D eigenvalue weighted by Crippen LogP contribution is 2.24. The summed E-state index contributed by atoms with van der Waals surface area (Å²) in [6.45, 7) is 10.1. The summed E-state index contributed by atoms with van der Waals surface area (Å²) in [4.78, 5) is 21.6. The van der Waals surface area contributed by atoms with Crippen molar-refractivity contribution in [1.29, 1.82) is 0 Å². The van der Waals surface area contributed by atoms with E-state index in [-0.39, 0.29) is 23.5 Å². The average Bonchev–Trinajstić information content (AvgIpc) is 3.14. The van der Waals surface area contributed by atoms with Crippen LogP contribution in [0.1, 0.15) is 29.5 Å². The fourth-order valence-electron chi connectivity index (χ4n) is 4.19. The zero-order valence-corrected chi connectivity index (χ0v) is 20.5. The number of aromatic nitrogens is 1. The van der Waals surface area contributed by atoms with Crippen LogP contribution >= 0.6 is 0 Å². The molecule has 0 saturated carbocycles. The van der Waals surface area contributed by atoms with E-state index in [1.165, 1.54) is 11.3 Å². The zero-order chi connectivity index (χ0) is 23.5. The summed E-state index contributed by atoms with van der Waals surface area (Å²) in [6, 6.07) is 16.6. The molecule has 2 heterocycles. The van der Waals surface area contributed by atoms with E-state index in [0.717, 1.165) is 17.7 Å². The molecule has 0 aliphatic carbocycles. The number of amides is 1. The van der Waals surface area contributed by atoms with Gasteiger partial charge in [0.2, 0.25) is 11.8 Å². The molecule has 6 nitrogen and oxygen atoms in total. The topological polar surface area (TPSA) is 66.7 Å². The molecular weight excluding hydrogens is 434 g/mol. The van der Waals surface area contributed by atoms with Crippen molar-refractivity contribution in [2.24, 2.45) is 0 Å². The van der Waals surface area contributed by atoms with Crippen molar-refractivity contribution in [3.63, 3.8) is 0 Å². The van der Waals surface area contributed by atoms with Gasteiger partial charge in [-0.2, -0.15) is 0 Å². The summed E-state index contributed by atoms with van der Waals surface area (Å²) >= 11 is 0. The lowest BCUT2D eigenvalue weighted by Gasteiger charge is -2.41. The van der Waals surface area contributed by atoms with E-state index in [2.05, 4.69) is 48.0 Å². The maximum Gasteiger partial charge on any atom is 0.235 e. The predicted molar refractivity (Wildman–Crippen MR) is 133 cm³/mol. The first-order valence-electron chi connectivity index (χ1n) is 11.3. The van der Waals surface area contributed by atoms with Crippen molar-refractivity contribution in [3.05, 3.63) is 71.1 Å². The standard InChI is InChI=1S/C26H31N3O3S/c1-18-8-10-22(11-9-18)26-27-24(21(4)32-26)16-33(31)17-25(30)28-12-13-29(20(3)15-28)23-7-5-6-19(2)14-23/h5-11,14,20H,12-13,15-17H2,1-4H3/t20-,33+/m0/s1. The third-order valence-electron chi connectivity index (χ3n) is 6.09. The Kier molecular flexibility index (Phi) is 6.98. The van der Waals surface area contributed by atoms with Gasteiger partial charge in [-0.05, 0) is 57.5 Å². The molecule has 1 aliphatic heterocycles. The molecule has 4 rings (SSSR count). The second-order valence-electron chi connectivity index (χ2n) is 8.84. The number of carbonyl (C=O) groups excluding carboxylic acids is 1. The molecule has 0 unspecified atom stereocenters. The van der Waals surface area contributed by atoms with Gasteiger partial charge in [0.1, 0.15) is 11.5 Å². The first-order valence-corrected chi connectivity index (χ1v) is 12.8. The normalized spacial score (nSPS) is 17.3. The Morgan fingerprint density at radius 3 is 2.55 bits per heavy atom. The lowest BCUT2D eigenvalue weighted by atomic mass is 10.1. The fraction of sp³-hybridized carbons (Fsp3) is 0.385. The third kappa shape index (κ3) is 5.53. The van der Waals surface area contributed by atoms with Crippen molar-refractivity contribution < 1.29 is 13.4 Å². The summed E-state index contributed by atoms with van der Waals surface area (Å²) in [6.07, 6.45) is 0. The van der Waals surface area contributed by atoms with Gasteiger partial charge >= 0.3 is 0 Å². The molecular formula is C26H31N3O3S. The van der Waals surface area contributed by atoms with Crippen LogP contribution in [0.25, 0.3) is 11.5 Å². The number of oxazole rings is 1. The molecule has 174 valence electrons. The highest BCUT2D eigenvalue weighted by molar-refractivity contribution is 7.84. The van der Waals surface area contributed by atoms with Gasteiger partial charge in [-0.15, -0.1) is 0 Å². The summed E-state index contributed by atoms with van der Waals surface area (Å²) in [5.41, 5.74) is 5.11. The fourth-order valence-corrected chi connectivity index (χ4v) is 5.32. The average molecular weight is 466 g/mol. The van der Waals surface area contributed by atoms with Crippen LogP contribution in [-0.2, 0) is 21.3 Å². The number of hydrogen-bond acceptors (Lipinski definition) is 5. The molecule has 2 atom stereocenters. The van der Waals surface area contributed by atoms with Gasteiger partial charge < -0.3 is 14.2 Å². The maximum atomic E-state index is 12.9. The van der Waals surface area contributed by atoms with Gasteiger partial charge in [-0.25, -0.2) is 4.98 Å². The molecule has 3 aromatic rings. The molecule has 0 bridgehead atoms. The predicted octanol–water partition coefficient (Wildman–Crippen LogP) is 4.25. The third-order valence-corrected chi connectivity index (χ3v) is 7.25. The minimum Gasteiger partial charge on any atom is -0.441 e. The summed E-state index contributed by atoms with van der Waals surface area (Å²) in [7, 11) is -1.35. The van der Waals surface area contributed by atoms with Crippen LogP contribution in [0.3, 0.4) is 0 Å². The molecule has 7 heteroatoms. The number of rotatable bonds is 6. The van der Waals surface area contributed by atoms with Gasteiger partial charge in [0.25, 0.3) is 0 Å². The van der Waals surface area contributed by atoms with E-state index >= 15 is 0 Å². The summed E-state index contributed by atoms with van der Waals surface area (Å²) in [5, 5.41) is 0. The van der Waals surface area contributed by atoms with Crippen molar-refractivity contribution in [2.45, 2.75) is 39.5 Å². The van der Waals surface area contributed by atoms with Crippen molar-refractivity contribution in [1.82, 2.24) is 9.88 Å². The smallest absolute Gasteiger partial charge is 0.235 e. The van der Waals surface area contributed by atoms with Crippen LogP contribution in [0.5, 0.6) is 0 Å². The van der Waals surface area contributed by atoms with Gasteiger partial charge in [0, 0.05) is 47.7 Å². The van der Waals surface area contributed by atoms with Crippen molar-refractivity contribution in [3.8, 4) is 11.5 Å². The minimum absolute atomic E-state index is 0.00330. The van der Waals surface area contributed by atoms with E-state index in [1.54, 1.807) is 0 Å². The molecule has 1 aromatic heterocycles. The van der Waals surface area contributed by atoms with E-state index in [9.17, 15) is 9.00 Å².